The number of alkyl halides is 3. The van der Waals surface area contributed by atoms with Gasteiger partial charge < -0.3 is 4.52 Å². The lowest BCUT2D eigenvalue weighted by molar-refractivity contribution is -0.137. The molecule has 19 heavy (non-hydrogen) atoms. The summed E-state index contributed by atoms with van der Waals surface area (Å²) in [6.07, 6.45) is -2.45. The van der Waals surface area contributed by atoms with Gasteiger partial charge >= 0.3 is 6.18 Å². The molecule has 2 rings (SSSR count). The molecule has 0 aliphatic rings. The highest BCUT2D eigenvalue weighted by atomic mass is 19.4. The largest absolute Gasteiger partial charge is 0.416 e. The summed E-state index contributed by atoms with van der Waals surface area (Å²) in [4.78, 5) is 11.6. The van der Waals surface area contributed by atoms with Crippen molar-refractivity contribution in [3.63, 3.8) is 0 Å². The van der Waals surface area contributed by atoms with Crippen molar-refractivity contribution in [2.75, 3.05) is 0 Å². The summed E-state index contributed by atoms with van der Waals surface area (Å²) in [5.74, 6) is -0.0655. The Morgan fingerprint density at radius 1 is 1.16 bits per heavy atom. The summed E-state index contributed by atoms with van der Waals surface area (Å²) in [5.41, 5.74) is -0.0290. The Morgan fingerprint density at radius 2 is 1.84 bits per heavy atom. The Balaban J connectivity index is 1.95. The number of rotatable bonds is 4. The molecule has 2 aromatic rings. The summed E-state index contributed by atoms with van der Waals surface area (Å²) in [6, 6.07) is 6.21. The molecule has 0 N–H and O–H groups in total. The fourth-order valence-electron chi connectivity index (χ4n) is 1.60. The molecule has 0 radical (unpaired) electrons. The van der Waals surface area contributed by atoms with Crippen LogP contribution in [0.15, 0.2) is 41.1 Å². The number of ketones is 1. The highest BCUT2D eigenvalue weighted by Gasteiger charge is 2.29. The summed E-state index contributed by atoms with van der Waals surface area (Å²) >= 11 is 0. The number of hydrogen-bond acceptors (Lipinski definition) is 3. The number of aromatic nitrogens is 1. The average Bonchev–Trinajstić information content (AvgIpc) is 2.89. The van der Waals surface area contributed by atoms with Crippen molar-refractivity contribution in [1.29, 1.82) is 0 Å². The van der Waals surface area contributed by atoms with E-state index in [1.165, 1.54) is 24.4 Å². The van der Waals surface area contributed by atoms with Gasteiger partial charge in [-0.3, -0.25) is 4.79 Å². The van der Waals surface area contributed by atoms with Crippen LogP contribution in [-0.4, -0.2) is 10.9 Å². The molecule has 0 aliphatic heterocycles. The Hall–Kier alpha value is -2.11. The second-order valence-corrected chi connectivity index (χ2v) is 3.99. The maximum absolute atomic E-state index is 12.3. The summed E-state index contributed by atoms with van der Waals surface area (Å²) < 4.78 is 41.7. The molecular weight excluding hydrogens is 259 g/mol. The molecule has 0 fully saturated rings. The van der Waals surface area contributed by atoms with E-state index in [1.54, 1.807) is 0 Å². The Bertz CT molecular complexity index is 544. The summed E-state index contributed by atoms with van der Waals surface area (Å²) in [6.45, 7) is 0. The standard InChI is InChI=1S/C13H10F3NO2/c14-13(15,16)10-4-1-9(2-5-10)3-6-11(18)12-7-8-17-19-12/h1-2,4-5,7-8H,3,6H2. The van der Waals surface area contributed by atoms with Gasteiger partial charge in [0.2, 0.25) is 11.5 Å². The lowest BCUT2D eigenvalue weighted by Gasteiger charge is -2.07. The zero-order valence-corrected chi connectivity index (χ0v) is 9.78. The second-order valence-electron chi connectivity index (χ2n) is 3.99. The first-order valence-electron chi connectivity index (χ1n) is 5.57. The molecule has 0 amide bonds. The highest BCUT2D eigenvalue weighted by molar-refractivity contribution is 5.93. The van der Waals surface area contributed by atoms with Crippen LogP contribution in [0.2, 0.25) is 0 Å². The minimum absolute atomic E-state index is 0.159. The first-order valence-corrected chi connectivity index (χ1v) is 5.57. The molecule has 0 spiro atoms. The molecule has 6 heteroatoms. The molecule has 1 aromatic carbocycles. The zero-order chi connectivity index (χ0) is 13.9. The van der Waals surface area contributed by atoms with E-state index in [0.29, 0.717) is 12.0 Å². The zero-order valence-electron chi connectivity index (χ0n) is 9.78. The van der Waals surface area contributed by atoms with Gasteiger partial charge in [-0.05, 0) is 24.1 Å². The van der Waals surface area contributed by atoms with Crippen molar-refractivity contribution >= 4 is 5.78 Å². The number of carbonyl (C=O) groups is 1. The molecule has 1 aromatic heterocycles. The van der Waals surface area contributed by atoms with E-state index in [1.807, 2.05) is 0 Å². The maximum atomic E-state index is 12.3. The van der Waals surface area contributed by atoms with Gasteiger partial charge in [0.15, 0.2) is 0 Å². The summed E-state index contributed by atoms with van der Waals surface area (Å²) in [5, 5.41) is 3.42. The molecule has 0 bridgehead atoms. The number of aryl methyl sites for hydroxylation is 1. The second kappa shape index (κ2) is 5.26. The molecule has 1 heterocycles. The van der Waals surface area contributed by atoms with Crippen LogP contribution >= 0.6 is 0 Å². The van der Waals surface area contributed by atoms with Crippen LogP contribution in [0.5, 0.6) is 0 Å². The van der Waals surface area contributed by atoms with Crippen LogP contribution in [0.3, 0.4) is 0 Å². The third-order valence-corrected chi connectivity index (χ3v) is 2.63. The van der Waals surface area contributed by atoms with E-state index < -0.39 is 11.7 Å². The molecule has 0 unspecified atom stereocenters. The third kappa shape index (κ3) is 3.43. The monoisotopic (exact) mass is 269 g/mol. The number of hydrogen-bond donors (Lipinski definition) is 0. The molecule has 0 atom stereocenters. The van der Waals surface area contributed by atoms with Crippen molar-refractivity contribution in [2.24, 2.45) is 0 Å². The highest BCUT2D eigenvalue weighted by Crippen LogP contribution is 2.29. The normalized spacial score (nSPS) is 11.5. The SMILES string of the molecule is O=C(CCc1ccc(C(F)(F)F)cc1)c1ccno1. The number of benzene rings is 1. The minimum atomic E-state index is -4.34. The maximum Gasteiger partial charge on any atom is 0.416 e. The Kier molecular flexibility index (Phi) is 3.69. The lowest BCUT2D eigenvalue weighted by Crippen LogP contribution is -2.05. The first kappa shape index (κ1) is 13.3. The Labute approximate surface area is 107 Å². The molecule has 3 nitrogen and oxygen atoms in total. The van der Waals surface area contributed by atoms with Gasteiger partial charge in [0.05, 0.1) is 11.8 Å². The van der Waals surface area contributed by atoms with Gasteiger partial charge in [-0.1, -0.05) is 17.3 Å². The molecule has 0 saturated heterocycles. The fourth-order valence-corrected chi connectivity index (χ4v) is 1.60. The van der Waals surface area contributed by atoms with Crippen molar-refractivity contribution in [2.45, 2.75) is 19.0 Å². The van der Waals surface area contributed by atoms with Gasteiger partial charge in [0.25, 0.3) is 0 Å². The van der Waals surface area contributed by atoms with Crippen LogP contribution in [0, 0.1) is 0 Å². The predicted octanol–water partition coefficient (Wildman–Crippen LogP) is 3.51. The van der Waals surface area contributed by atoms with Gasteiger partial charge in [-0.25, -0.2) is 0 Å². The minimum Gasteiger partial charge on any atom is -0.353 e. The Morgan fingerprint density at radius 3 is 2.37 bits per heavy atom. The topological polar surface area (TPSA) is 43.1 Å². The van der Waals surface area contributed by atoms with Gasteiger partial charge in [-0.15, -0.1) is 0 Å². The average molecular weight is 269 g/mol. The van der Waals surface area contributed by atoms with Crippen LogP contribution < -0.4 is 0 Å². The van der Waals surface area contributed by atoms with Crippen molar-refractivity contribution in [1.82, 2.24) is 5.16 Å². The first-order chi connectivity index (χ1) is 8.97. The van der Waals surface area contributed by atoms with Crippen LogP contribution in [0.1, 0.15) is 28.1 Å². The van der Waals surface area contributed by atoms with Crippen molar-refractivity contribution in [3.05, 3.63) is 53.4 Å². The predicted molar refractivity (Wildman–Crippen MR) is 60.6 cm³/mol. The lowest BCUT2D eigenvalue weighted by atomic mass is 10.0. The van der Waals surface area contributed by atoms with Crippen LogP contribution in [0.25, 0.3) is 0 Å². The van der Waals surface area contributed by atoms with Crippen LogP contribution in [0.4, 0.5) is 13.2 Å². The third-order valence-electron chi connectivity index (χ3n) is 2.63. The van der Waals surface area contributed by atoms with Crippen molar-refractivity contribution < 1.29 is 22.5 Å². The smallest absolute Gasteiger partial charge is 0.353 e. The van der Waals surface area contributed by atoms with E-state index in [0.717, 1.165) is 12.1 Å². The van der Waals surface area contributed by atoms with Crippen LogP contribution in [-0.2, 0) is 12.6 Å². The molecule has 0 aliphatic carbocycles. The van der Waals surface area contributed by atoms with E-state index in [9.17, 15) is 18.0 Å². The van der Waals surface area contributed by atoms with E-state index >= 15 is 0 Å². The van der Waals surface area contributed by atoms with E-state index in [2.05, 4.69) is 5.16 Å². The number of halogens is 3. The van der Waals surface area contributed by atoms with E-state index in [-0.39, 0.29) is 18.0 Å². The van der Waals surface area contributed by atoms with Gasteiger partial charge in [-0.2, -0.15) is 13.2 Å². The van der Waals surface area contributed by atoms with Gasteiger partial charge in [0.1, 0.15) is 0 Å². The van der Waals surface area contributed by atoms with E-state index in [4.69, 9.17) is 4.52 Å². The summed E-state index contributed by atoms with van der Waals surface area (Å²) in [7, 11) is 0. The molecule has 0 saturated carbocycles. The number of nitrogens with zero attached hydrogens (tertiary/aromatic N) is 1. The number of Topliss-reactive ketones (excluding diaryl/α,β-unsaturated/α-hetero) is 1. The van der Waals surface area contributed by atoms with Crippen molar-refractivity contribution in [3.8, 4) is 0 Å². The molecule has 100 valence electrons. The number of carbonyl (C=O) groups excluding carboxylic acids is 1. The quantitative estimate of drug-likeness (QED) is 0.798. The molecular formula is C13H10F3NO2. The van der Waals surface area contributed by atoms with Gasteiger partial charge in [0, 0.05) is 12.5 Å². The fraction of sp³-hybridized carbons (Fsp3) is 0.231.